The number of phosphoric ester groups is 1. The standard InChI is InChI=1S/C25H39O8P/c1-3-4-5-6-7-8-9-10-11-12-13-14-15-16-17-18-19-20-25(27)33-24(21-31-23(2)26)22-32-34(28,29)30/h4-5,7-8,10-11,13-14,16-17,24H,3,6,9,12,15,18-22H2,1-2H3,(H2,28,29,30)/b5-4-,8-7-,11-10-,14-13-,17-16-. The van der Waals surface area contributed by atoms with Crippen LogP contribution in [0.15, 0.2) is 60.8 Å². The Morgan fingerprint density at radius 2 is 1.32 bits per heavy atom. The summed E-state index contributed by atoms with van der Waals surface area (Å²) in [7, 11) is -4.72. The Morgan fingerprint density at radius 1 is 0.824 bits per heavy atom. The van der Waals surface area contributed by atoms with E-state index in [0.717, 1.165) is 32.1 Å². The molecule has 0 aromatic carbocycles. The van der Waals surface area contributed by atoms with Gasteiger partial charge in [0.25, 0.3) is 0 Å². The molecule has 2 N–H and O–H groups in total. The zero-order valence-corrected chi connectivity index (χ0v) is 21.1. The van der Waals surface area contributed by atoms with Crippen molar-refractivity contribution < 1.29 is 37.9 Å². The molecule has 0 radical (unpaired) electrons. The zero-order valence-electron chi connectivity index (χ0n) is 20.2. The molecule has 0 fully saturated rings. The molecule has 0 aliphatic carbocycles. The van der Waals surface area contributed by atoms with Crippen LogP contribution < -0.4 is 0 Å². The first-order valence-corrected chi connectivity index (χ1v) is 13.1. The fraction of sp³-hybridized carbons (Fsp3) is 0.520. The van der Waals surface area contributed by atoms with Gasteiger partial charge in [-0.15, -0.1) is 0 Å². The fourth-order valence-corrected chi connectivity index (χ4v) is 2.84. The van der Waals surface area contributed by atoms with Gasteiger partial charge >= 0.3 is 19.8 Å². The van der Waals surface area contributed by atoms with E-state index in [0.29, 0.717) is 12.8 Å². The number of unbranched alkanes of at least 4 members (excludes halogenated alkanes) is 1. The maximum absolute atomic E-state index is 11.9. The van der Waals surface area contributed by atoms with Gasteiger partial charge in [0.05, 0.1) is 6.61 Å². The molecule has 9 heteroatoms. The third kappa shape index (κ3) is 24.4. The molecule has 0 heterocycles. The Kier molecular flexibility index (Phi) is 19.9. The number of allylic oxidation sites excluding steroid dienone is 10. The molecule has 1 unspecified atom stereocenters. The predicted molar refractivity (Wildman–Crippen MR) is 133 cm³/mol. The maximum atomic E-state index is 11.9. The second kappa shape index (κ2) is 21.3. The van der Waals surface area contributed by atoms with Gasteiger partial charge < -0.3 is 19.3 Å². The molecular weight excluding hydrogens is 459 g/mol. The van der Waals surface area contributed by atoms with Crippen molar-refractivity contribution in [2.75, 3.05) is 13.2 Å². The number of carbonyl (C=O) groups is 2. The Hall–Kier alpha value is -2.25. The highest BCUT2D eigenvalue weighted by molar-refractivity contribution is 7.46. The van der Waals surface area contributed by atoms with Gasteiger partial charge in [0.2, 0.25) is 0 Å². The first-order valence-electron chi connectivity index (χ1n) is 11.5. The Morgan fingerprint density at radius 3 is 1.79 bits per heavy atom. The van der Waals surface area contributed by atoms with Crippen molar-refractivity contribution in [3.8, 4) is 0 Å². The van der Waals surface area contributed by atoms with E-state index in [1.54, 1.807) is 0 Å². The summed E-state index contributed by atoms with van der Waals surface area (Å²) < 4.78 is 25.0. The SMILES string of the molecule is CC/C=C\C/C=C\C/C=C\C/C=C\C/C=C\CCCC(=O)OC(COC(C)=O)COP(=O)(O)O. The normalized spacial score (nSPS) is 13.6. The average Bonchev–Trinajstić information content (AvgIpc) is 2.77. The van der Waals surface area contributed by atoms with Gasteiger partial charge in [-0.25, -0.2) is 4.57 Å². The highest BCUT2D eigenvalue weighted by Crippen LogP contribution is 2.35. The molecule has 34 heavy (non-hydrogen) atoms. The second-order valence-corrected chi connectivity index (χ2v) is 8.54. The molecule has 0 saturated heterocycles. The van der Waals surface area contributed by atoms with Crippen molar-refractivity contribution in [3.05, 3.63) is 60.8 Å². The molecule has 0 rings (SSSR count). The summed E-state index contributed by atoms with van der Waals surface area (Å²) in [5.74, 6) is -1.16. The Labute approximate surface area is 203 Å². The number of phosphoric acid groups is 1. The van der Waals surface area contributed by atoms with Crippen LogP contribution in [0.5, 0.6) is 0 Å². The number of hydrogen-bond donors (Lipinski definition) is 2. The Balaban J connectivity index is 3.97. The van der Waals surface area contributed by atoms with Crippen LogP contribution in [0.25, 0.3) is 0 Å². The molecule has 0 aliphatic rings. The van der Waals surface area contributed by atoms with Crippen LogP contribution in [0.1, 0.15) is 65.2 Å². The minimum atomic E-state index is -4.72. The molecule has 8 nitrogen and oxygen atoms in total. The number of hydrogen-bond acceptors (Lipinski definition) is 6. The molecule has 0 spiro atoms. The minimum Gasteiger partial charge on any atom is -0.462 e. The van der Waals surface area contributed by atoms with Crippen molar-refractivity contribution in [2.45, 2.75) is 71.3 Å². The first kappa shape index (κ1) is 31.8. The number of ether oxygens (including phenoxy) is 2. The monoisotopic (exact) mass is 498 g/mol. The van der Waals surface area contributed by atoms with Crippen LogP contribution in [0.2, 0.25) is 0 Å². The molecule has 1 atom stereocenters. The Bertz CT molecular complexity index is 746. The van der Waals surface area contributed by atoms with Crippen molar-refractivity contribution in [1.82, 2.24) is 0 Å². The van der Waals surface area contributed by atoms with E-state index >= 15 is 0 Å². The van der Waals surface area contributed by atoms with E-state index in [4.69, 9.17) is 19.3 Å². The molecule has 0 aromatic heterocycles. The summed E-state index contributed by atoms with van der Waals surface area (Å²) in [5, 5.41) is 0. The predicted octanol–water partition coefficient (Wildman–Crippen LogP) is 5.49. The number of esters is 2. The van der Waals surface area contributed by atoms with Gasteiger partial charge in [0.1, 0.15) is 6.61 Å². The van der Waals surface area contributed by atoms with Crippen LogP contribution in [0, 0.1) is 0 Å². The fourth-order valence-electron chi connectivity index (χ4n) is 2.48. The van der Waals surface area contributed by atoms with E-state index in [1.165, 1.54) is 6.92 Å². The van der Waals surface area contributed by atoms with Crippen LogP contribution in [0.3, 0.4) is 0 Å². The van der Waals surface area contributed by atoms with Gasteiger partial charge in [-0.3, -0.25) is 14.1 Å². The van der Waals surface area contributed by atoms with Gasteiger partial charge in [0, 0.05) is 13.3 Å². The lowest BCUT2D eigenvalue weighted by molar-refractivity contribution is -0.160. The van der Waals surface area contributed by atoms with Crippen LogP contribution in [-0.4, -0.2) is 41.0 Å². The summed E-state index contributed by atoms with van der Waals surface area (Å²) in [6, 6.07) is 0. The van der Waals surface area contributed by atoms with E-state index in [2.05, 4.69) is 60.1 Å². The summed E-state index contributed by atoms with van der Waals surface area (Å²) >= 11 is 0. The van der Waals surface area contributed by atoms with Gasteiger partial charge in [-0.05, 0) is 44.9 Å². The van der Waals surface area contributed by atoms with Gasteiger partial charge in [0.15, 0.2) is 6.10 Å². The second-order valence-electron chi connectivity index (χ2n) is 7.30. The smallest absolute Gasteiger partial charge is 0.462 e. The van der Waals surface area contributed by atoms with Crippen molar-refractivity contribution >= 4 is 19.8 Å². The lowest BCUT2D eigenvalue weighted by atomic mass is 10.2. The molecule has 0 saturated carbocycles. The van der Waals surface area contributed by atoms with E-state index in [9.17, 15) is 14.2 Å². The van der Waals surface area contributed by atoms with E-state index < -0.39 is 32.5 Å². The first-order chi connectivity index (χ1) is 16.2. The minimum absolute atomic E-state index is 0.126. The quantitative estimate of drug-likeness (QED) is 0.104. The van der Waals surface area contributed by atoms with E-state index in [1.807, 2.05) is 12.2 Å². The average molecular weight is 499 g/mol. The summed E-state index contributed by atoms with van der Waals surface area (Å²) in [4.78, 5) is 40.4. The van der Waals surface area contributed by atoms with Crippen molar-refractivity contribution in [1.29, 1.82) is 0 Å². The summed E-state index contributed by atoms with van der Waals surface area (Å²) in [5.41, 5.74) is 0. The molecule has 0 bridgehead atoms. The molecule has 0 aromatic rings. The largest absolute Gasteiger partial charge is 0.469 e. The number of carbonyl (C=O) groups excluding carboxylic acids is 2. The molecular formula is C25H39O8P. The lowest BCUT2D eigenvalue weighted by Gasteiger charge is -2.17. The molecule has 0 amide bonds. The third-order valence-corrected chi connectivity index (χ3v) is 4.59. The van der Waals surface area contributed by atoms with Crippen LogP contribution >= 0.6 is 7.82 Å². The third-order valence-electron chi connectivity index (χ3n) is 4.11. The zero-order chi connectivity index (χ0) is 25.5. The maximum Gasteiger partial charge on any atom is 0.469 e. The number of rotatable bonds is 19. The summed E-state index contributed by atoms with van der Waals surface area (Å²) in [6.07, 6.45) is 26.1. The summed E-state index contributed by atoms with van der Waals surface area (Å²) in [6.45, 7) is 2.39. The highest BCUT2D eigenvalue weighted by Gasteiger charge is 2.22. The lowest BCUT2D eigenvalue weighted by Crippen LogP contribution is -2.29. The van der Waals surface area contributed by atoms with Gasteiger partial charge in [-0.1, -0.05) is 67.7 Å². The van der Waals surface area contributed by atoms with E-state index in [-0.39, 0.29) is 13.0 Å². The molecule has 0 aliphatic heterocycles. The van der Waals surface area contributed by atoms with Crippen molar-refractivity contribution in [3.63, 3.8) is 0 Å². The highest BCUT2D eigenvalue weighted by atomic mass is 31.2. The van der Waals surface area contributed by atoms with Gasteiger partial charge in [-0.2, -0.15) is 0 Å². The van der Waals surface area contributed by atoms with Crippen molar-refractivity contribution in [2.24, 2.45) is 0 Å². The molecule has 192 valence electrons. The topological polar surface area (TPSA) is 119 Å². The van der Waals surface area contributed by atoms with Crippen LogP contribution in [-0.2, 0) is 28.2 Å². The van der Waals surface area contributed by atoms with Crippen LogP contribution in [0.4, 0.5) is 0 Å².